The third-order valence-corrected chi connectivity index (χ3v) is 4.04. The molecule has 108 valence electrons. The van der Waals surface area contributed by atoms with Gasteiger partial charge < -0.3 is 9.88 Å². The Hall–Kier alpha value is -1.10. The minimum atomic E-state index is 0.262. The predicted octanol–water partition coefficient (Wildman–Crippen LogP) is 3.41. The van der Waals surface area contributed by atoms with Gasteiger partial charge in [0.1, 0.15) is 12.2 Å². The Balaban J connectivity index is 1.95. The Labute approximate surface area is 129 Å². The zero-order valence-electron chi connectivity index (χ0n) is 11.6. The SMILES string of the molecule is CCC(NCCc1nncn1C)c1ccc(Cl)c(Cl)c1. The molecule has 0 aliphatic carbocycles. The number of rotatable bonds is 6. The number of hydrogen-bond donors (Lipinski definition) is 1. The first kappa shape index (κ1) is 15.3. The van der Waals surface area contributed by atoms with Crippen LogP contribution in [-0.4, -0.2) is 21.3 Å². The van der Waals surface area contributed by atoms with Gasteiger partial charge in [0.15, 0.2) is 0 Å². The van der Waals surface area contributed by atoms with E-state index in [-0.39, 0.29) is 6.04 Å². The van der Waals surface area contributed by atoms with E-state index < -0.39 is 0 Å². The maximum atomic E-state index is 6.07. The van der Waals surface area contributed by atoms with E-state index in [0.717, 1.165) is 30.8 Å². The highest BCUT2D eigenvalue weighted by Crippen LogP contribution is 2.26. The summed E-state index contributed by atoms with van der Waals surface area (Å²) in [6, 6.07) is 6.04. The van der Waals surface area contributed by atoms with Gasteiger partial charge in [0.2, 0.25) is 0 Å². The van der Waals surface area contributed by atoms with Crippen LogP contribution < -0.4 is 5.32 Å². The maximum absolute atomic E-state index is 6.07. The van der Waals surface area contributed by atoms with E-state index in [2.05, 4.69) is 22.4 Å². The van der Waals surface area contributed by atoms with Gasteiger partial charge in [-0.25, -0.2) is 0 Å². The molecule has 0 saturated carbocycles. The molecule has 2 aromatic rings. The van der Waals surface area contributed by atoms with Crippen LogP contribution in [0.4, 0.5) is 0 Å². The highest BCUT2D eigenvalue weighted by atomic mass is 35.5. The molecule has 0 amide bonds. The van der Waals surface area contributed by atoms with Crippen LogP contribution >= 0.6 is 23.2 Å². The highest BCUT2D eigenvalue weighted by molar-refractivity contribution is 6.42. The van der Waals surface area contributed by atoms with Crippen molar-refractivity contribution in [3.8, 4) is 0 Å². The molecular formula is C14H18Cl2N4. The lowest BCUT2D eigenvalue weighted by molar-refractivity contribution is 0.515. The Morgan fingerprint density at radius 2 is 2.10 bits per heavy atom. The molecule has 1 atom stereocenters. The number of nitrogens with one attached hydrogen (secondary N) is 1. The summed E-state index contributed by atoms with van der Waals surface area (Å²) in [6.45, 7) is 2.98. The van der Waals surface area contributed by atoms with E-state index in [1.807, 2.05) is 29.8 Å². The van der Waals surface area contributed by atoms with E-state index in [9.17, 15) is 0 Å². The van der Waals surface area contributed by atoms with Crippen LogP contribution in [0.25, 0.3) is 0 Å². The predicted molar refractivity (Wildman–Crippen MR) is 82.2 cm³/mol. The van der Waals surface area contributed by atoms with Gasteiger partial charge in [0, 0.05) is 26.1 Å². The molecule has 0 saturated heterocycles. The standard InChI is InChI=1S/C14H18Cl2N4/c1-3-13(10-4-5-11(15)12(16)8-10)17-7-6-14-19-18-9-20(14)2/h4-5,8-9,13,17H,3,6-7H2,1-2H3. The Bertz CT molecular complexity index is 568. The van der Waals surface area contributed by atoms with Gasteiger partial charge in [-0.1, -0.05) is 36.2 Å². The molecule has 4 nitrogen and oxygen atoms in total. The summed E-state index contributed by atoms with van der Waals surface area (Å²) in [5.41, 5.74) is 1.15. The molecule has 2 rings (SSSR count). The highest BCUT2D eigenvalue weighted by Gasteiger charge is 2.11. The molecule has 0 radical (unpaired) electrons. The first-order valence-corrected chi connectivity index (χ1v) is 7.38. The Morgan fingerprint density at radius 1 is 1.30 bits per heavy atom. The summed E-state index contributed by atoms with van der Waals surface area (Å²) in [5, 5.41) is 12.6. The van der Waals surface area contributed by atoms with Crippen molar-refractivity contribution < 1.29 is 0 Å². The second-order valence-corrected chi connectivity index (χ2v) is 5.51. The number of aromatic nitrogens is 3. The molecule has 1 aromatic carbocycles. The van der Waals surface area contributed by atoms with Crippen molar-refractivity contribution in [3.63, 3.8) is 0 Å². The van der Waals surface area contributed by atoms with Crippen molar-refractivity contribution in [3.05, 3.63) is 46.0 Å². The monoisotopic (exact) mass is 312 g/mol. The van der Waals surface area contributed by atoms with Crippen LogP contribution in [0.5, 0.6) is 0 Å². The van der Waals surface area contributed by atoms with E-state index in [4.69, 9.17) is 23.2 Å². The third kappa shape index (κ3) is 3.72. The zero-order chi connectivity index (χ0) is 14.5. The minimum Gasteiger partial charge on any atom is -0.321 e. The van der Waals surface area contributed by atoms with Crippen LogP contribution in [0.15, 0.2) is 24.5 Å². The molecule has 0 aliphatic rings. The van der Waals surface area contributed by atoms with Crippen LogP contribution in [0.3, 0.4) is 0 Å². The number of aryl methyl sites for hydroxylation is 1. The lowest BCUT2D eigenvalue weighted by Crippen LogP contribution is -2.24. The topological polar surface area (TPSA) is 42.7 Å². The largest absolute Gasteiger partial charge is 0.321 e. The van der Waals surface area contributed by atoms with Gasteiger partial charge in [-0.15, -0.1) is 10.2 Å². The summed E-state index contributed by atoms with van der Waals surface area (Å²) in [7, 11) is 1.95. The summed E-state index contributed by atoms with van der Waals surface area (Å²) in [4.78, 5) is 0. The molecule has 0 spiro atoms. The van der Waals surface area contributed by atoms with Gasteiger partial charge in [0.25, 0.3) is 0 Å². The van der Waals surface area contributed by atoms with Gasteiger partial charge in [0.05, 0.1) is 10.0 Å². The van der Waals surface area contributed by atoms with E-state index >= 15 is 0 Å². The van der Waals surface area contributed by atoms with Crippen molar-refractivity contribution in [2.24, 2.45) is 7.05 Å². The molecule has 0 bridgehead atoms. The van der Waals surface area contributed by atoms with E-state index in [1.165, 1.54) is 0 Å². The second kappa shape index (κ2) is 7.07. The van der Waals surface area contributed by atoms with Crippen LogP contribution in [0, 0.1) is 0 Å². The molecule has 1 N–H and O–H groups in total. The fourth-order valence-electron chi connectivity index (χ4n) is 2.12. The van der Waals surface area contributed by atoms with Crippen LogP contribution in [0.2, 0.25) is 10.0 Å². The fraction of sp³-hybridized carbons (Fsp3) is 0.429. The molecule has 1 unspecified atom stereocenters. The van der Waals surface area contributed by atoms with E-state index in [1.54, 1.807) is 6.33 Å². The second-order valence-electron chi connectivity index (χ2n) is 4.70. The van der Waals surface area contributed by atoms with Crippen molar-refractivity contribution in [2.45, 2.75) is 25.8 Å². The molecule has 1 aromatic heterocycles. The van der Waals surface area contributed by atoms with Gasteiger partial charge in [-0.3, -0.25) is 0 Å². The average Bonchev–Trinajstić information content (AvgIpc) is 2.84. The van der Waals surface area contributed by atoms with Gasteiger partial charge >= 0.3 is 0 Å². The van der Waals surface area contributed by atoms with Crippen molar-refractivity contribution in [1.82, 2.24) is 20.1 Å². The normalized spacial score (nSPS) is 12.6. The number of benzene rings is 1. The zero-order valence-corrected chi connectivity index (χ0v) is 13.1. The molecule has 0 fully saturated rings. The minimum absolute atomic E-state index is 0.262. The summed E-state index contributed by atoms with van der Waals surface area (Å²) >= 11 is 12.0. The van der Waals surface area contributed by atoms with Crippen molar-refractivity contribution >= 4 is 23.2 Å². The van der Waals surface area contributed by atoms with Gasteiger partial charge in [-0.2, -0.15) is 0 Å². The molecular weight excluding hydrogens is 295 g/mol. The average molecular weight is 313 g/mol. The quantitative estimate of drug-likeness (QED) is 0.889. The van der Waals surface area contributed by atoms with Crippen LogP contribution in [0.1, 0.15) is 30.8 Å². The van der Waals surface area contributed by atoms with Gasteiger partial charge in [-0.05, 0) is 24.1 Å². The smallest absolute Gasteiger partial charge is 0.133 e. The Kier molecular flexibility index (Phi) is 5.40. The Morgan fingerprint density at radius 3 is 2.70 bits per heavy atom. The first-order chi connectivity index (χ1) is 9.61. The van der Waals surface area contributed by atoms with Crippen molar-refractivity contribution in [1.29, 1.82) is 0 Å². The summed E-state index contributed by atoms with van der Waals surface area (Å²) in [6.07, 6.45) is 3.54. The lowest BCUT2D eigenvalue weighted by atomic mass is 10.0. The molecule has 0 aliphatic heterocycles. The third-order valence-electron chi connectivity index (χ3n) is 3.30. The molecule has 1 heterocycles. The summed E-state index contributed by atoms with van der Waals surface area (Å²) in [5.74, 6) is 0.974. The first-order valence-electron chi connectivity index (χ1n) is 6.63. The molecule has 20 heavy (non-hydrogen) atoms. The number of halogens is 2. The fourth-order valence-corrected chi connectivity index (χ4v) is 2.43. The molecule has 6 heteroatoms. The number of nitrogens with zero attached hydrogens (tertiary/aromatic N) is 3. The van der Waals surface area contributed by atoms with Crippen molar-refractivity contribution in [2.75, 3.05) is 6.54 Å². The lowest BCUT2D eigenvalue weighted by Gasteiger charge is -2.18. The van der Waals surface area contributed by atoms with Crippen LogP contribution in [-0.2, 0) is 13.5 Å². The summed E-state index contributed by atoms with van der Waals surface area (Å²) < 4.78 is 1.93. The maximum Gasteiger partial charge on any atom is 0.133 e. The number of hydrogen-bond acceptors (Lipinski definition) is 3. The van der Waals surface area contributed by atoms with E-state index in [0.29, 0.717) is 10.0 Å².